The second-order valence-electron chi connectivity index (χ2n) is 18.8. The predicted molar refractivity (Wildman–Crippen MR) is 259 cm³/mol. The molecular weight excluding hydrogens is 825 g/mol. The van der Waals surface area contributed by atoms with Crippen molar-refractivity contribution < 1.29 is 34.1 Å². The van der Waals surface area contributed by atoms with Crippen molar-refractivity contribution in [1.29, 1.82) is 0 Å². The lowest BCUT2D eigenvalue weighted by molar-refractivity contribution is -0.258. The van der Waals surface area contributed by atoms with Gasteiger partial charge >= 0.3 is 0 Å². The summed E-state index contributed by atoms with van der Waals surface area (Å²) in [7, 11) is 0. The van der Waals surface area contributed by atoms with E-state index >= 15 is 4.79 Å². The fraction of sp³-hybridized carbons (Fsp3) is 0.404. The molecule has 2 N–H and O–H groups in total. The van der Waals surface area contributed by atoms with E-state index in [9.17, 15) is 10.2 Å². The highest BCUT2D eigenvalue weighted by Crippen LogP contribution is 2.62. The number of carbonyl (C=O) groups excluding carboxylic acids is 1. The minimum absolute atomic E-state index is 0.0890. The van der Waals surface area contributed by atoms with Crippen molar-refractivity contribution in [2.24, 2.45) is 28.8 Å². The average Bonchev–Trinajstić information content (AvgIpc) is 4.19. The SMILES string of the molecule is C=CCOC12Oc3ccc(Oc4ccc(C)c(C)c4)cc3C3C(CCCCO)C(CCCCO)C=C(C(=NOCc4ccccc4)CC1N(Cc1cccc4ccccc14)C(=O)C1CC1)C32. The van der Waals surface area contributed by atoms with Gasteiger partial charge in [0.15, 0.2) is 0 Å². The number of fused-ring (bicyclic) bond motifs is 3. The minimum atomic E-state index is -1.35. The molecule has 9 heteroatoms. The van der Waals surface area contributed by atoms with Gasteiger partial charge in [-0.25, -0.2) is 0 Å². The number of hydrogen-bond donors (Lipinski definition) is 2. The number of benzene rings is 5. The molecule has 6 atom stereocenters. The Morgan fingerprint density at radius 3 is 2.38 bits per heavy atom. The van der Waals surface area contributed by atoms with E-state index in [0.717, 1.165) is 88.6 Å². The Hall–Kier alpha value is -5.74. The van der Waals surface area contributed by atoms with Gasteiger partial charge in [0.25, 0.3) is 0 Å². The fourth-order valence-corrected chi connectivity index (χ4v) is 10.9. The van der Waals surface area contributed by atoms with Crippen molar-refractivity contribution >= 4 is 22.4 Å². The number of unbranched alkanes of at least 4 members (excludes halogenated alkanes) is 2. The molecular formula is C57H64N2O7. The number of allylic oxidation sites excluding steroid dienone is 1. The topological polar surface area (TPSA) is 110 Å². The summed E-state index contributed by atoms with van der Waals surface area (Å²) in [6.07, 6.45) is 11.0. The summed E-state index contributed by atoms with van der Waals surface area (Å²) in [5.41, 5.74) is 7.22. The minimum Gasteiger partial charge on any atom is -0.459 e. The molecule has 1 aliphatic heterocycles. The van der Waals surface area contributed by atoms with Gasteiger partial charge in [-0.05, 0) is 133 Å². The molecule has 5 aromatic rings. The van der Waals surface area contributed by atoms with E-state index in [1.165, 1.54) is 5.56 Å². The van der Waals surface area contributed by atoms with E-state index in [0.29, 0.717) is 37.3 Å². The van der Waals surface area contributed by atoms with Crippen molar-refractivity contribution in [3.8, 4) is 17.2 Å². The number of ether oxygens (including phenoxy) is 3. The number of carbonyl (C=O) groups is 1. The highest BCUT2D eigenvalue weighted by molar-refractivity contribution is 6.03. The molecule has 3 aliphatic carbocycles. The quantitative estimate of drug-likeness (QED) is 0.0455. The van der Waals surface area contributed by atoms with Crippen LogP contribution < -0.4 is 9.47 Å². The van der Waals surface area contributed by atoms with Crippen LogP contribution in [0.25, 0.3) is 10.8 Å². The summed E-state index contributed by atoms with van der Waals surface area (Å²) >= 11 is 0. The first-order valence-corrected chi connectivity index (χ1v) is 24.1. The Bertz CT molecular complexity index is 2560. The van der Waals surface area contributed by atoms with Crippen molar-refractivity contribution in [3.63, 3.8) is 0 Å². The zero-order valence-electron chi connectivity index (χ0n) is 38.4. The van der Waals surface area contributed by atoms with Gasteiger partial charge in [0.05, 0.1) is 18.2 Å². The number of rotatable bonds is 20. The van der Waals surface area contributed by atoms with Crippen molar-refractivity contribution in [2.45, 2.75) is 103 Å². The average molecular weight is 889 g/mol. The Kier molecular flexibility index (Phi) is 14.0. The first-order valence-electron chi connectivity index (χ1n) is 24.1. The number of oxime groups is 1. The van der Waals surface area contributed by atoms with Crippen LogP contribution in [0.4, 0.5) is 0 Å². The number of amides is 1. The van der Waals surface area contributed by atoms with E-state index in [1.807, 2.05) is 54.6 Å². The molecule has 9 nitrogen and oxygen atoms in total. The van der Waals surface area contributed by atoms with E-state index in [4.69, 9.17) is 24.2 Å². The van der Waals surface area contributed by atoms with E-state index in [2.05, 4.69) is 86.0 Å². The van der Waals surface area contributed by atoms with Gasteiger partial charge in [0.1, 0.15) is 29.9 Å². The monoisotopic (exact) mass is 888 g/mol. The molecule has 4 aliphatic rings. The Balaban J connectivity index is 1.25. The summed E-state index contributed by atoms with van der Waals surface area (Å²) in [6.45, 7) is 9.40. The highest BCUT2D eigenvalue weighted by atomic mass is 16.7. The zero-order chi connectivity index (χ0) is 45.6. The molecule has 0 spiro atoms. The smallest absolute Gasteiger partial charge is 0.239 e. The first-order chi connectivity index (χ1) is 32.3. The van der Waals surface area contributed by atoms with Crippen LogP contribution >= 0.6 is 0 Å². The van der Waals surface area contributed by atoms with Gasteiger partial charge < -0.3 is 34.2 Å². The summed E-state index contributed by atoms with van der Waals surface area (Å²) in [5, 5.41) is 27.4. The molecule has 1 amide bonds. The third kappa shape index (κ3) is 9.44. The summed E-state index contributed by atoms with van der Waals surface area (Å²) in [6, 6.07) is 36.4. The van der Waals surface area contributed by atoms with Crippen LogP contribution in [0.1, 0.15) is 91.5 Å². The molecule has 5 aromatic carbocycles. The number of nitrogens with zero attached hydrogens (tertiary/aromatic N) is 2. The van der Waals surface area contributed by atoms with Crippen LogP contribution in [-0.4, -0.2) is 58.4 Å². The van der Waals surface area contributed by atoms with Crippen LogP contribution in [0.5, 0.6) is 17.2 Å². The molecule has 0 aromatic heterocycles. The van der Waals surface area contributed by atoms with Gasteiger partial charge in [0, 0.05) is 43.6 Å². The third-order valence-corrected chi connectivity index (χ3v) is 14.4. The Morgan fingerprint density at radius 1 is 0.864 bits per heavy atom. The first kappa shape index (κ1) is 45.4. The highest BCUT2D eigenvalue weighted by Gasteiger charge is 2.66. The summed E-state index contributed by atoms with van der Waals surface area (Å²) < 4.78 is 21.5. The molecule has 0 saturated heterocycles. The van der Waals surface area contributed by atoms with Gasteiger partial charge in [-0.2, -0.15) is 0 Å². The number of aliphatic hydroxyl groups is 2. The lowest BCUT2D eigenvalue weighted by atomic mass is 9.55. The lowest BCUT2D eigenvalue weighted by Gasteiger charge is -2.60. The molecule has 0 bridgehead atoms. The number of hydrogen-bond acceptors (Lipinski definition) is 8. The Labute approximate surface area is 389 Å². The molecule has 66 heavy (non-hydrogen) atoms. The van der Waals surface area contributed by atoms with Gasteiger partial charge in [-0.15, -0.1) is 6.58 Å². The number of aliphatic hydroxyl groups excluding tert-OH is 2. The van der Waals surface area contributed by atoms with Gasteiger partial charge in [-0.1, -0.05) is 109 Å². The van der Waals surface area contributed by atoms with Crippen molar-refractivity contribution in [3.05, 3.63) is 161 Å². The lowest BCUT2D eigenvalue weighted by Crippen LogP contribution is -2.70. The summed E-state index contributed by atoms with van der Waals surface area (Å²) in [5.74, 6) is 0.413. The maximum Gasteiger partial charge on any atom is 0.239 e. The normalized spacial score (nSPS) is 23.6. The van der Waals surface area contributed by atoms with Gasteiger partial charge in [-0.3, -0.25) is 4.79 Å². The Morgan fingerprint density at radius 2 is 1.61 bits per heavy atom. The largest absolute Gasteiger partial charge is 0.459 e. The van der Waals surface area contributed by atoms with Crippen LogP contribution in [-0.2, 0) is 27.5 Å². The molecule has 2 fully saturated rings. The second kappa shape index (κ2) is 20.4. The standard InChI is InChI=1S/C57H64N2O7/c1-4-31-63-57-53(59(56(62)42-24-25-42)36-44-20-14-19-41-17-8-9-21-47(41)44)35-51(58-64-37-40-15-6-5-7-16-40)49-33-43(18-10-12-29-60)48(22-11-13-30-61)54(55(49)57)50-34-46(27-28-52(50)66-57)65-45-26-23-38(2)39(3)32-45/h4-9,14-17,19-21,23,26-28,32-34,42-43,48,53-55,60-61H,1,10-13,18,22,24-25,29-31,35-37H2,2-3H3. The van der Waals surface area contributed by atoms with E-state index in [-0.39, 0.29) is 56.0 Å². The van der Waals surface area contributed by atoms with Crippen LogP contribution in [0.2, 0.25) is 0 Å². The van der Waals surface area contributed by atoms with E-state index < -0.39 is 17.7 Å². The van der Waals surface area contributed by atoms with Crippen molar-refractivity contribution in [1.82, 2.24) is 4.90 Å². The molecule has 6 unspecified atom stereocenters. The molecule has 2 saturated carbocycles. The maximum absolute atomic E-state index is 15.2. The number of aryl methyl sites for hydroxylation is 2. The fourth-order valence-electron chi connectivity index (χ4n) is 10.9. The maximum atomic E-state index is 15.2. The van der Waals surface area contributed by atoms with Crippen LogP contribution in [0, 0.1) is 37.5 Å². The molecule has 9 rings (SSSR count). The predicted octanol–water partition coefficient (Wildman–Crippen LogP) is 11.5. The van der Waals surface area contributed by atoms with Crippen LogP contribution in [0.3, 0.4) is 0 Å². The zero-order valence-corrected chi connectivity index (χ0v) is 38.4. The molecule has 344 valence electrons. The molecule has 1 heterocycles. The van der Waals surface area contributed by atoms with Gasteiger partial charge in [0.2, 0.25) is 11.7 Å². The molecule has 0 radical (unpaired) electrons. The van der Waals surface area contributed by atoms with Crippen LogP contribution in [0.15, 0.2) is 139 Å². The van der Waals surface area contributed by atoms with Crippen molar-refractivity contribution in [2.75, 3.05) is 19.8 Å². The van der Waals surface area contributed by atoms with E-state index in [1.54, 1.807) is 6.08 Å². The second-order valence-corrected chi connectivity index (χ2v) is 18.8. The summed E-state index contributed by atoms with van der Waals surface area (Å²) in [4.78, 5) is 23.6. The third-order valence-electron chi connectivity index (χ3n) is 14.4.